The summed E-state index contributed by atoms with van der Waals surface area (Å²) in [6.07, 6.45) is 0. The molecule has 0 aromatic heterocycles. The van der Waals surface area contributed by atoms with E-state index in [0.29, 0.717) is 10.7 Å². The summed E-state index contributed by atoms with van der Waals surface area (Å²) in [5.74, 6) is 1.93. The molecular formula is C14H11Cl2FN2O4. The van der Waals surface area contributed by atoms with Crippen LogP contribution in [0.5, 0.6) is 0 Å². The lowest BCUT2D eigenvalue weighted by atomic mass is 10.2. The van der Waals surface area contributed by atoms with Crippen molar-refractivity contribution < 1.29 is 24.2 Å². The third-order valence-corrected chi connectivity index (χ3v) is 3.00. The third-order valence-electron chi connectivity index (χ3n) is 2.53. The number of halogens is 3. The molecule has 23 heavy (non-hydrogen) atoms. The first-order valence-electron chi connectivity index (χ1n) is 5.94. The van der Waals surface area contributed by atoms with Gasteiger partial charge in [0.1, 0.15) is 5.82 Å². The highest BCUT2D eigenvalue weighted by Crippen LogP contribution is 2.19. The minimum atomic E-state index is -1.31. The molecule has 5 N–H and O–H groups in total. The Bertz CT molecular complexity index is 741. The van der Waals surface area contributed by atoms with E-state index in [2.05, 4.69) is 5.43 Å². The first kappa shape index (κ1) is 18.7. The smallest absolute Gasteiger partial charge is 0.338 e. The van der Waals surface area contributed by atoms with Crippen LogP contribution in [-0.4, -0.2) is 22.2 Å². The molecule has 0 aliphatic rings. The molecule has 6 nitrogen and oxygen atoms in total. The van der Waals surface area contributed by atoms with E-state index >= 15 is 0 Å². The number of aromatic carboxylic acids is 2. The first-order valence-corrected chi connectivity index (χ1v) is 6.69. The van der Waals surface area contributed by atoms with Crippen molar-refractivity contribution in [1.29, 1.82) is 0 Å². The maximum Gasteiger partial charge on any atom is 0.338 e. The second kappa shape index (κ2) is 8.33. The second-order valence-corrected chi connectivity index (χ2v) is 4.94. The number of hydrogen-bond donors (Lipinski definition) is 4. The average molecular weight is 361 g/mol. The maximum atomic E-state index is 12.6. The van der Waals surface area contributed by atoms with Gasteiger partial charge in [0, 0.05) is 10.0 Å². The molecule has 0 spiro atoms. The number of carbonyl (C=O) groups is 2. The molecule has 0 aliphatic carbocycles. The molecule has 2 rings (SSSR count). The summed E-state index contributed by atoms with van der Waals surface area (Å²) in [6.45, 7) is 0. The van der Waals surface area contributed by atoms with Crippen LogP contribution in [0.1, 0.15) is 20.7 Å². The fraction of sp³-hybridized carbons (Fsp3) is 0. The van der Waals surface area contributed by atoms with Crippen LogP contribution in [0.3, 0.4) is 0 Å². The molecule has 0 heterocycles. The SMILES string of the molecule is NNc1ccc(Cl)cc1C(=O)O.O=C(O)c1cc(Cl)ccc1F. The quantitative estimate of drug-likeness (QED) is 0.492. The summed E-state index contributed by atoms with van der Waals surface area (Å²) in [6, 6.07) is 7.78. The largest absolute Gasteiger partial charge is 0.478 e. The Labute approximate surface area is 140 Å². The van der Waals surface area contributed by atoms with Crippen molar-refractivity contribution in [3.8, 4) is 0 Å². The first-order chi connectivity index (χ1) is 10.8. The van der Waals surface area contributed by atoms with E-state index in [0.717, 1.165) is 12.1 Å². The maximum absolute atomic E-state index is 12.6. The Balaban J connectivity index is 0.000000231. The van der Waals surface area contributed by atoms with E-state index in [1.807, 2.05) is 0 Å². The van der Waals surface area contributed by atoms with Gasteiger partial charge in [0.05, 0.1) is 16.8 Å². The van der Waals surface area contributed by atoms with Crippen LogP contribution < -0.4 is 11.3 Å². The molecule has 2 aromatic rings. The normalized spacial score (nSPS) is 9.57. The summed E-state index contributed by atoms with van der Waals surface area (Å²) in [4.78, 5) is 20.9. The van der Waals surface area contributed by atoms with Crippen molar-refractivity contribution in [1.82, 2.24) is 0 Å². The van der Waals surface area contributed by atoms with Crippen molar-refractivity contribution in [2.75, 3.05) is 5.43 Å². The fourth-order valence-corrected chi connectivity index (χ4v) is 1.82. The van der Waals surface area contributed by atoms with E-state index in [-0.39, 0.29) is 10.6 Å². The van der Waals surface area contributed by atoms with Crippen molar-refractivity contribution in [2.45, 2.75) is 0 Å². The third kappa shape index (κ3) is 5.41. The predicted octanol–water partition coefficient (Wildman–Crippen LogP) is 3.50. The molecule has 122 valence electrons. The van der Waals surface area contributed by atoms with E-state index in [9.17, 15) is 14.0 Å². The number of anilines is 1. The number of nitrogen functional groups attached to an aromatic ring is 1. The van der Waals surface area contributed by atoms with E-state index in [4.69, 9.17) is 39.3 Å². The zero-order valence-electron chi connectivity index (χ0n) is 11.4. The van der Waals surface area contributed by atoms with Crippen LogP contribution in [0.4, 0.5) is 10.1 Å². The van der Waals surface area contributed by atoms with E-state index < -0.39 is 23.3 Å². The molecule has 0 bridgehead atoms. The number of carboxylic acid groups (broad SMARTS) is 2. The highest BCUT2D eigenvalue weighted by atomic mass is 35.5. The number of nitrogens with two attached hydrogens (primary N) is 1. The topological polar surface area (TPSA) is 113 Å². The Hall–Kier alpha value is -2.35. The Kier molecular flexibility index (Phi) is 6.77. The molecule has 0 fully saturated rings. The summed E-state index contributed by atoms with van der Waals surface area (Å²) in [5.41, 5.74) is 2.26. The number of hydrazine groups is 1. The Morgan fingerprint density at radius 2 is 1.43 bits per heavy atom. The van der Waals surface area contributed by atoms with Crippen LogP contribution in [0, 0.1) is 5.82 Å². The van der Waals surface area contributed by atoms with Gasteiger partial charge in [0.25, 0.3) is 0 Å². The molecular weight excluding hydrogens is 350 g/mol. The highest BCUT2D eigenvalue weighted by molar-refractivity contribution is 6.31. The molecule has 0 saturated carbocycles. The van der Waals surface area contributed by atoms with Crippen LogP contribution in [0.2, 0.25) is 10.0 Å². The van der Waals surface area contributed by atoms with E-state index in [1.165, 1.54) is 18.2 Å². The zero-order valence-corrected chi connectivity index (χ0v) is 12.9. The number of rotatable bonds is 3. The minimum absolute atomic E-state index is 0.0602. The lowest BCUT2D eigenvalue weighted by Gasteiger charge is -2.04. The van der Waals surface area contributed by atoms with Gasteiger partial charge in [-0.3, -0.25) is 5.84 Å². The molecule has 0 radical (unpaired) electrons. The minimum Gasteiger partial charge on any atom is -0.478 e. The van der Waals surface area contributed by atoms with Gasteiger partial charge >= 0.3 is 11.9 Å². The Morgan fingerprint density at radius 1 is 0.957 bits per heavy atom. The van der Waals surface area contributed by atoms with Crippen molar-refractivity contribution in [2.24, 2.45) is 5.84 Å². The summed E-state index contributed by atoms with van der Waals surface area (Å²) in [7, 11) is 0. The standard InChI is InChI=1S/C7H4ClFO2.C7H7ClN2O2/c8-4-1-2-6(9)5(3-4)7(10)11;8-4-1-2-6(10-9)5(3-4)7(11)12/h1-3H,(H,10,11);1-3,10H,9H2,(H,11,12). The number of nitrogens with one attached hydrogen (secondary N) is 1. The highest BCUT2D eigenvalue weighted by Gasteiger charge is 2.09. The zero-order chi connectivity index (χ0) is 17.6. The van der Waals surface area contributed by atoms with Gasteiger partial charge < -0.3 is 15.6 Å². The van der Waals surface area contributed by atoms with Gasteiger partial charge in [-0.05, 0) is 36.4 Å². The molecule has 0 amide bonds. The second-order valence-electron chi connectivity index (χ2n) is 4.07. The van der Waals surface area contributed by atoms with Crippen LogP contribution in [0.25, 0.3) is 0 Å². The number of benzene rings is 2. The predicted molar refractivity (Wildman–Crippen MR) is 84.6 cm³/mol. The van der Waals surface area contributed by atoms with Crippen LogP contribution in [-0.2, 0) is 0 Å². The van der Waals surface area contributed by atoms with Crippen molar-refractivity contribution in [3.05, 3.63) is 63.4 Å². The van der Waals surface area contributed by atoms with Gasteiger partial charge in [-0.2, -0.15) is 0 Å². The summed E-state index contributed by atoms with van der Waals surface area (Å²) >= 11 is 11.0. The van der Waals surface area contributed by atoms with E-state index in [1.54, 1.807) is 6.07 Å². The lowest BCUT2D eigenvalue weighted by molar-refractivity contribution is 0.0683. The van der Waals surface area contributed by atoms with Crippen LogP contribution >= 0.6 is 23.2 Å². The molecule has 2 aromatic carbocycles. The van der Waals surface area contributed by atoms with Gasteiger partial charge in [-0.1, -0.05) is 23.2 Å². The lowest BCUT2D eigenvalue weighted by Crippen LogP contribution is -2.11. The molecule has 9 heteroatoms. The van der Waals surface area contributed by atoms with Crippen molar-refractivity contribution in [3.63, 3.8) is 0 Å². The fourth-order valence-electron chi connectivity index (χ4n) is 1.48. The van der Waals surface area contributed by atoms with Gasteiger partial charge in [-0.25, -0.2) is 14.0 Å². The Morgan fingerprint density at radius 3 is 1.87 bits per heavy atom. The number of hydrogen-bond acceptors (Lipinski definition) is 4. The molecule has 0 unspecified atom stereocenters. The summed E-state index contributed by atoms with van der Waals surface area (Å²) in [5, 5.41) is 17.6. The van der Waals surface area contributed by atoms with Gasteiger partial charge in [0.2, 0.25) is 0 Å². The average Bonchev–Trinajstić information content (AvgIpc) is 2.50. The number of carboxylic acids is 2. The van der Waals surface area contributed by atoms with Crippen LogP contribution in [0.15, 0.2) is 36.4 Å². The van der Waals surface area contributed by atoms with Crippen molar-refractivity contribution >= 4 is 40.8 Å². The van der Waals surface area contributed by atoms with Gasteiger partial charge in [-0.15, -0.1) is 0 Å². The molecule has 0 saturated heterocycles. The monoisotopic (exact) mass is 360 g/mol. The summed E-state index contributed by atoms with van der Waals surface area (Å²) < 4.78 is 12.6. The molecule has 0 atom stereocenters. The molecule has 0 aliphatic heterocycles. The van der Waals surface area contributed by atoms with Gasteiger partial charge in [0.15, 0.2) is 0 Å².